The number of nitrogens with one attached hydrogen (secondary N) is 1. The quantitative estimate of drug-likeness (QED) is 0.878. The van der Waals surface area contributed by atoms with E-state index in [0.29, 0.717) is 19.5 Å². The Morgan fingerprint density at radius 1 is 1.20 bits per heavy atom. The van der Waals surface area contributed by atoms with E-state index in [1.165, 1.54) is 0 Å². The second-order valence-corrected chi connectivity index (χ2v) is 6.26. The molecule has 0 spiro atoms. The van der Waals surface area contributed by atoms with Crippen LogP contribution >= 0.6 is 0 Å². The van der Waals surface area contributed by atoms with E-state index in [1.807, 2.05) is 0 Å². The van der Waals surface area contributed by atoms with Gasteiger partial charge in [-0.05, 0) is 25.1 Å². The molecule has 1 aromatic rings. The van der Waals surface area contributed by atoms with E-state index < -0.39 is 26.6 Å². The fraction of sp³-hybridized carbons (Fsp3) is 0.417. The molecule has 1 aliphatic rings. The predicted molar refractivity (Wildman–Crippen MR) is 67.3 cm³/mol. The van der Waals surface area contributed by atoms with Crippen LogP contribution in [0.25, 0.3) is 0 Å². The van der Waals surface area contributed by atoms with Crippen LogP contribution in [0.2, 0.25) is 0 Å². The van der Waals surface area contributed by atoms with Gasteiger partial charge in [0.1, 0.15) is 11.6 Å². The van der Waals surface area contributed by atoms with Crippen molar-refractivity contribution in [2.24, 2.45) is 0 Å². The maximum Gasteiger partial charge on any atom is 0.248 e. The lowest BCUT2D eigenvalue weighted by Gasteiger charge is -2.20. The normalized spacial score (nSPS) is 17.4. The highest BCUT2D eigenvalue weighted by Crippen LogP contribution is 2.24. The molecule has 1 aliphatic heterocycles. The number of rotatable bonds is 2. The number of nitriles is 1. The summed E-state index contributed by atoms with van der Waals surface area (Å²) in [6.07, 6.45) is 0.568. The number of benzene rings is 1. The van der Waals surface area contributed by atoms with Gasteiger partial charge in [0.05, 0.1) is 11.6 Å². The highest BCUT2D eigenvalue weighted by Gasteiger charge is 2.31. The van der Waals surface area contributed by atoms with Gasteiger partial charge in [-0.1, -0.05) is 0 Å². The Balaban J connectivity index is 2.46. The average molecular weight is 301 g/mol. The second-order valence-electron chi connectivity index (χ2n) is 4.39. The summed E-state index contributed by atoms with van der Waals surface area (Å²) in [6.45, 7) is 1.44. The summed E-state index contributed by atoms with van der Waals surface area (Å²) in [7, 11) is -4.24. The lowest BCUT2D eigenvalue weighted by atomic mass is 10.2. The zero-order valence-electron chi connectivity index (χ0n) is 10.6. The Morgan fingerprint density at radius 3 is 2.45 bits per heavy atom. The number of nitrogens with zero attached hydrogens (tertiary/aromatic N) is 2. The smallest absolute Gasteiger partial charge is 0.248 e. The molecule has 0 aromatic heterocycles. The number of sulfonamides is 1. The van der Waals surface area contributed by atoms with Crippen LogP contribution in [0.3, 0.4) is 0 Å². The van der Waals surface area contributed by atoms with E-state index >= 15 is 0 Å². The van der Waals surface area contributed by atoms with Crippen LogP contribution < -0.4 is 5.32 Å². The molecule has 108 valence electrons. The number of hydrogen-bond donors (Lipinski definition) is 1. The Hall–Kier alpha value is -1.56. The summed E-state index contributed by atoms with van der Waals surface area (Å²) in [5, 5.41) is 11.6. The van der Waals surface area contributed by atoms with Gasteiger partial charge in [0.15, 0.2) is 4.90 Å². The first-order valence-electron chi connectivity index (χ1n) is 6.07. The Morgan fingerprint density at radius 2 is 1.85 bits per heavy atom. The Kier molecular flexibility index (Phi) is 4.32. The van der Waals surface area contributed by atoms with E-state index in [-0.39, 0.29) is 18.7 Å². The zero-order chi connectivity index (χ0) is 14.8. The topological polar surface area (TPSA) is 73.2 Å². The molecule has 1 heterocycles. The Bertz CT molecular complexity index is 624. The standard InChI is InChI=1S/C12H13F2N3O2S/c13-10-6-9(8-15)7-11(14)12(10)20(18,19)17-4-1-2-16-3-5-17/h6-7,16H,1-5H2. The van der Waals surface area contributed by atoms with Crippen LogP contribution in [-0.2, 0) is 10.0 Å². The van der Waals surface area contributed by atoms with Crippen LogP contribution in [0.4, 0.5) is 8.78 Å². The third-order valence-corrected chi connectivity index (χ3v) is 4.98. The second kappa shape index (κ2) is 5.83. The van der Waals surface area contributed by atoms with Crippen molar-refractivity contribution in [2.75, 3.05) is 26.2 Å². The molecule has 20 heavy (non-hydrogen) atoms. The molecule has 0 aliphatic carbocycles. The summed E-state index contributed by atoms with van der Waals surface area (Å²) in [5.41, 5.74) is -0.253. The summed E-state index contributed by atoms with van der Waals surface area (Å²) in [6, 6.07) is 3.03. The summed E-state index contributed by atoms with van der Waals surface area (Å²) >= 11 is 0. The highest BCUT2D eigenvalue weighted by atomic mass is 32.2. The van der Waals surface area contributed by atoms with E-state index in [0.717, 1.165) is 16.4 Å². The van der Waals surface area contributed by atoms with Gasteiger partial charge in [-0.2, -0.15) is 9.57 Å². The van der Waals surface area contributed by atoms with Crippen molar-refractivity contribution in [3.8, 4) is 6.07 Å². The van der Waals surface area contributed by atoms with E-state index in [2.05, 4.69) is 5.32 Å². The minimum atomic E-state index is -4.24. The minimum absolute atomic E-state index is 0.154. The molecule has 0 atom stereocenters. The molecule has 0 unspecified atom stereocenters. The van der Waals surface area contributed by atoms with Crippen molar-refractivity contribution in [3.05, 3.63) is 29.3 Å². The lowest BCUT2D eigenvalue weighted by molar-refractivity contribution is 0.420. The van der Waals surface area contributed by atoms with Crippen LogP contribution in [0, 0.1) is 23.0 Å². The zero-order valence-corrected chi connectivity index (χ0v) is 11.4. The fourth-order valence-electron chi connectivity index (χ4n) is 2.06. The molecule has 2 rings (SSSR count). The van der Waals surface area contributed by atoms with E-state index in [9.17, 15) is 17.2 Å². The summed E-state index contributed by atoms with van der Waals surface area (Å²) < 4.78 is 53.4. The van der Waals surface area contributed by atoms with Crippen LogP contribution in [0.5, 0.6) is 0 Å². The van der Waals surface area contributed by atoms with Crippen LogP contribution in [-0.4, -0.2) is 38.9 Å². The van der Waals surface area contributed by atoms with Gasteiger partial charge in [-0.3, -0.25) is 0 Å². The van der Waals surface area contributed by atoms with Gasteiger partial charge in [0.25, 0.3) is 0 Å². The van der Waals surface area contributed by atoms with Crippen LogP contribution in [0.15, 0.2) is 17.0 Å². The molecule has 8 heteroatoms. The van der Waals surface area contributed by atoms with Crippen molar-refractivity contribution >= 4 is 10.0 Å². The Labute approximate surface area is 115 Å². The van der Waals surface area contributed by atoms with Crippen molar-refractivity contribution in [1.82, 2.24) is 9.62 Å². The summed E-state index contributed by atoms with van der Waals surface area (Å²) in [4.78, 5) is -0.988. The van der Waals surface area contributed by atoms with Gasteiger partial charge in [0.2, 0.25) is 10.0 Å². The van der Waals surface area contributed by atoms with Crippen molar-refractivity contribution < 1.29 is 17.2 Å². The first-order valence-corrected chi connectivity index (χ1v) is 7.51. The van der Waals surface area contributed by atoms with Gasteiger partial charge >= 0.3 is 0 Å². The van der Waals surface area contributed by atoms with E-state index in [1.54, 1.807) is 6.07 Å². The molecule has 5 nitrogen and oxygen atoms in total. The maximum atomic E-state index is 13.8. The molecule has 0 amide bonds. The maximum absolute atomic E-state index is 13.8. The number of halogens is 2. The third kappa shape index (κ3) is 2.80. The largest absolute Gasteiger partial charge is 0.315 e. The molecular weight excluding hydrogens is 288 g/mol. The van der Waals surface area contributed by atoms with Crippen molar-refractivity contribution in [2.45, 2.75) is 11.3 Å². The fourth-order valence-corrected chi connectivity index (χ4v) is 3.63. The molecule has 1 fully saturated rings. The first-order chi connectivity index (χ1) is 9.46. The van der Waals surface area contributed by atoms with Gasteiger partial charge in [-0.25, -0.2) is 17.2 Å². The molecule has 0 saturated carbocycles. The third-order valence-electron chi connectivity index (χ3n) is 3.02. The SMILES string of the molecule is N#Cc1cc(F)c(S(=O)(=O)N2CCCNCC2)c(F)c1. The molecule has 0 radical (unpaired) electrons. The van der Waals surface area contributed by atoms with Gasteiger partial charge < -0.3 is 5.32 Å². The average Bonchev–Trinajstić information content (AvgIpc) is 2.66. The van der Waals surface area contributed by atoms with Crippen molar-refractivity contribution in [3.63, 3.8) is 0 Å². The highest BCUT2D eigenvalue weighted by molar-refractivity contribution is 7.89. The summed E-state index contributed by atoms with van der Waals surface area (Å²) in [5.74, 6) is -2.47. The first kappa shape index (κ1) is 14.8. The van der Waals surface area contributed by atoms with Gasteiger partial charge in [0, 0.05) is 19.6 Å². The molecule has 1 saturated heterocycles. The number of hydrogen-bond acceptors (Lipinski definition) is 4. The lowest BCUT2D eigenvalue weighted by Crippen LogP contribution is -2.35. The predicted octanol–water partition coefficient (Wildman–Crippen LogP) is 0.820. The van der Waals surface area contributed by atoms with Crippen LogP contribution in [0.1, 0.15) is 12.0 Å². The van der Waals surface area contributed by atoms with Gasteiger partial charge in [-0.15, -0.1) is 0 Å². The van der Waals surface area contributed by atoms with E-state index in [4.69, 9.17) is 5.26 Å². The molecule has 0 bridgehead atoms. The van der Waals surface area contributed by atoms with Crippen molar-refractivity contribution in [1.29, 1.82) is 5.26 Å². The monoisotopic (exact) mass is 301 g/mol. The molecular formula is C12H13F2N3O2S. The molecule has 1 N–H and O–H groups in total. The molecule has 1 aromatic carbocycles. The minimum Gasteiger partial charge on any atom is -0.315 e.